The van der Waals surface area contributed by atoms with Gasteiger partial charge in [-0.15, -0.1) is 0 Å². The number of halogens is 1. The van der Waals surface area contributed by atoms with Gasteiger partial charge in [0.2, 0.25) is 6.79 Å². The van der Waals surface area contributed by atoms with Gasteiger partial charge in [0.25, 0.3) is 5.91 Å². The number of aromatic nitrogens is 2. The van der Waals surface area contributed by atoms with Crippen LogP contribution in [0.25, 0.3) is 11.3 Å². The summed E-state index contributed by atoms with van der Waals surface area (Å²) >= 11 is 5.87. The van der Waals surface area contributed by atoms with Crippen LogP contribution in [0.5, 0.6) is 17.2 Å². The number of H-pyrrole nitrogens is 1. The maximum Gasteiger partial charge on any atom is 0.262 e. The van der Waals surface area contributed by atoms with Crippen LogP contribution in [0.1, 0.15) is 19.0 Å². The number of carbonyl (C=O) groups is 1. The lowest BCUT2D eigenvalue weighted by atomic mass is 10.1. The van der Waals surface area contributed by atoms with Crippen LogP contribution >= 0.6 is 11.6 Å². The lowest BCUT2D eigenvalue weighted by Crippen LogP contribution is -2.21. The summed E-state index contributed by atoms with van der Waals surface area (Å²) in [7, 11) is 0. The minimum atomic E-state index is -0.277. The monoisotopic (exact) mass is 413 g/mol. The topological polar surface area (TPSA) is 85.5 Å². The highest BCUT2D eigenvalue weighted by Crippen LogP contribution is 2.38. The summed E-state index contributed by atoms with van der Waals surface area (Å²) in [6.45, 7) is 2.14. The molecule has 4 rings (SSSR count). The second kappa shape index (κ2) is 8.45. The molecule has 0 saturated heterocycles. The van der Waals surface area contributed by atoms with E-state index >= 15 is 0 Å². The third kappa shape index (κ3) is 4.30. The van der Waals surface area contributed by atoms with E-state index in [9.17, 15) is 4.79 Å². The minimum Gasteiger partial charge on any atom is -0.484 e. The van der Waals surface area contributed by atoms with Gasteiger partial charge in [-0.3, -0.25) is 9.89 Å². The van der Waals surface area contributed by atoms with Gasteiger partial charge in [-0.05, 0) is 48.9 Å². The fourth-order valence-electron chi connectivity index (χ4n) is 3.05. The second-order valence-electron chi connectivity index (χ2n) is 6.53. The maximum atomic E-state index is 12.5. The van der Waals surface area contributed by atoms with Crippen molar-refractivity contribution < 1.29 is 19.0 Å². The van der Waals surface area contributed by atoms with E-state index in [1.807, 2.05) is 18.2 Å². The Balaban J connectivity index is 1.53. The molecule has 1 amide bonds. The van der Waals surface area contributed by atoms with E-state index in [1.54, 1.807) is 24.3 Å². The van der Waals surface area contributed by atoms with Crippen molar-refractivity contribution in [2.24, 2.45) is 0 Å². The summed E-state index contributed by atoms with van der Waals surface area (Å²) in [6.07, 6.45) is 1.66. The molecule has 0 saturated carbocycles. The Labute approximate surface area is 172 Å². The van der Waals surface area contributed by atoms with Gasteiger partial charge >= 0.3 is 0 Å². The molecular weight excluding hydrogens is 394 g/mol. The second-order valence-corrected chi connectivity index (χ2v) is 6.97. The first-order valence-electron chi connectivity index (χ1n) is 9.29. The van der Waals surface area contributed by atoms with Gasteiger partial charge in [0.15, 0.2) is 18.1 Å². The van der Waals surface area contributed by atoms with Crippen molar-refractivity contribution in [2.75, 3.05) is 18.7 Å². The molecule has 0 fully saturated rings. The molecule has 0 radical (unpaired) electrons. The maximum absolute atomic E-state index is 12.5. The van der Waals surface area contributed by atoms with E-state index in [2.05, 4.69) is 22.4 Å². The van der Waals surface area contributed by atoms with Crippen LogP contribution in [0, 0.1) is 0 Å². The summed E-state index contributed by atoms with van der Waals surface area (Å²) < 4.78 is 16.4. The van der Waals surface area contributed by atoms with E-state index in [4.69, 9.17) is 25.8 Å². The highest BCUT2D eigenvalue weighted by Gasteiger charge is 2.20. The number of nitrogens with zero attached hydrogens (tertiary/aromatic N) is 1. The number of hydrogen-bond acceptors (Lipinski definition) is 5. The average Bonchev–Trinajstić information content (AvgIpc) is 3.34. The van der Waals surface area contributed by atoms with Crippen molar-refractivity contribution >= 4 is 23.2 Å². The Kier molecular flexibility index (Phi) is 5.57. The zero-order valence-corrected chi connectivity index (χ0v) is 16.6. The van der Waals surface area contributed by atoms with E-state index < -0.39 is 0 Å². The fourth-order valence-corrected chi connectivity index (χ4v) is 3.18. The van der Waals surface area contributed by atoms with Crippen LogP contribution in [0.4, 0.5) is 5.69 Å². The summed E-state index contributed by atoms with van der Waals surface area (Å²) in [6, 6.07) is 12.4. The molecule has 1 aliphatic heterocycles. The Hall–Kier alpha value is -3.19. The number of rotatable bonds is 7. The largest absolute Gasteiger partial charge is 0.484 e. The Bertz CT molecular complexity index is 1020. The molecule has 2 heterocycles. The number of carbonyl (C=O) groups excluding carboxylic acids is 1. The van der Waals surface area contributed by atoms with Gasteiger partial charge in [0.1, 0.15) is 11.4 Å². The number of nitrogens with one attached hydrogen (secondary N) is 2. The smallest absolute Gasteiger partial charge is 0.262 e. The first-order chi connectivity index (χ1) is 14.1. The molecule has 8 heteroatoms. The summed E-state index contributed by atoms with van der Waals surface area (Å²) in [4.78, 5) is 12.5. The van der Waals surface area contributed by atoms with Gasteiger partial charge in [0, 0.05) is 10.6 Å². The Morgan fingerprint density at radius 1 is 1.21 bits per heavy atom. The van der Waals surface area contributed by atoms with Gasteiger partial charge in [-0.2, -0.15) is 5.10 Å². The van der Waals surface area contributed by atoms with Crippen molar-refractivity contribution in [1.82, 2.24) is 10.2 Å². The van der Waals surface area contributed by atoms with Crippen LogP contribution < -0.4 is 19.5 Å². The van der Waals surface area contributed by atoms with Crippen molar-refractivity contribution in [3.05, 3.63) is 53.2 Å². The third-order valence-electron chi connectivity index (χ3n) is 4.44. The van der Waals surface area contributed by atoms with E-state index in [-0.39, 0.29) is 19.3 Å². The lowest BCUT2D eigenvalue weighted by Gasteiger charge is -2.10. The van der Waals surface area contributed by atoms with Crippen LogP contribution in [-0.2, 0) is 11.2 Å². The van der Waals surface area contributed by atoms with Crippen LogP contribution in [-0.4, -0.2) is 29.5 Å². The molecule has 1 aliphatic rings. The van der Waals surface area contributed by atoms with Crippen molar-refractivity contribution in [3.8, 4) is 28.5 Å². The molecular formula is C21H20ClN3O4. The van der Waals surface area contributed by atoms with Crippen LogP contribution in [0.3, 0.4) is 0 Å². The normalized spacial score (nSPS) is 12.1. The number of ether oxygens (including phenoxy) is 3. The Morgan fingerprint density at radius 3 is 2.79 bits per heavy atom. The molecule has 7 nitrogen and oxygen atoms in total. The lowest BCUT2D eigenvalue weighted by molar-refractivity contribution is -0.118. The molecule has 0 atom stereocenters. The first kappa shape index (κ1) is 19.1. The van der Waals surface area contributed by atoms with Gasteiger partial charge in [-0.1, -0.05) is 24.9 Å². The highest BCUT2D eigenvalue weighted by molar-refractivity contribution is 6.30. The van der Waals surface area contributed by atoms with E-state index in [0.717, 1.165) is 24.1 Å². The standard InChI is InChI=1S/C21H20ClN3O4/c1-2-3-16-21(23-19(26)11-27-15-7-5-14(22)6-8-15)20(25-24-16)13-4-9-17-18(10-13)29-12-28-17/h4-10H,2-3,11-12H2,1H3,(H,23,26)(H,24,25). The molecule has 3 aromatic rings. The SMILES string of the molecule is CCCc1[nH]nc(-c2ccc3c(c2)OCO3)c1NC(=O)COc1ccc(Cl)cc1. The molecule has 0 aliphatic carbocycles. The molecule has 150 valence electrons. The zero-order valence-electron chi connectivity index (χ0n) is 15.8. The highest BCUT2D eigenvalue weighted by atomic mass is 35.5. The molecule has 0 spiro atoms. The minimum absolute atomic E-state index is 0.126. The van der Waals surface area contributed by atoms with E-state index in [1.165, 1.54) is 0 Å². The number of fused-ring (bicyclic) bond motifs is 1. The summed E-state index contributed by atoms with van der Waals surface area (Å²) in [5, 5.41) is 11.0. The Morgan fingerprint density at radius 2 is 2.00 bits per heavy atom. The van der Waals surface area contributed by atoms with Crippen molar-refractivity contribution in [1.29, 1.82) is 0 Å². The van der Waals surface area contributed by atoms with Crippen LogP contribution in [0.2, 0.25) is 5.02 Å². The molecule has 29 heavy (non-hydrogen) atoms. The predicted octanol–water partition coefficient (Wildman–Crippen LogP) is 4.43. The third-order valence-corrected chi connectivity index (χ3v) is 4.69. The van der Waals surface area contributed by atoms with Crippen molar-refractivity contribution in [3.63, 3.8) is 0 Å². The van der Waals surface area contributed by atoms with Crippen molar-refractivity contribution in [2.45, 2.75) is 19.8 Å². The van der Waals surface area contributed by atoms with E-state index in [0.29, 0.717) is 33.7 Å². The van der Waals surface area contributed by atoms with Crippen LogP contribution in [0.15, 0.2) is 42.5 Å². The molecule has 1 aromatic heterocycles. The first-order valence-corrected chi connectivity index (χ1v) is 9.67. The molecule has 0 unspecified atom stereocenters. The fraction of sp³-hybridized carbons (Fsp3) is 0.238. The molecule has 2 aromatic carbocycles. The van der Waals surface area contributed by atoms with Gasteiger partial charge in [0.05, 0.1) is 11.4 Å². The van der Waals surface area contributed by atoms with Gasteiger partial charge in [-0.25, -0.2) is 0 Å². The predicted molar refractivity (Wildman–Crippen MR) is 110 cm³/mol. The molecule has 2 N–H and O–H groups in total. The van der Waals surface area contributed by atoms with Gasteiger partial charge < -0.3 is 19.5 Å². The quantitative estimate of drug-likeness (QED) is 0.598. The number of aromatic amines is 1. The molecule has 0 bridgehead atoms. The number of anilines is 1. The summed E-state index contributed by atoms with van der Waals surface area (Å²) in [5.74, 6) is 1.65. The number of amides is 1. The zero-order chi connectivity index (χ0) is 20.2. The number of aryl methyl sites for hydroxylation is 1. The summed E-state index contributed by atoms with van der Waals surface area (Å²) in [5.41, 5.74) is 2.98. The average molecular weight is 414 g/mol. The number of hydrogen-bond donors (Lipinski definition) is 2. The number of benzene rings is 2.